The van der Waals surface area contributed by atoms with E-state index in [0.717, 1.165) is 24.2 Å². The lowest BCUT2D eigenvalue weighted by atomic mass is 10.1. The number of piperazine rings is 2. The molecule has 0 radical (unpaired) electrons. The van der Waals surface area contributed by atoms with E-state index < -0.39 is 0 Å². The molecule has 0 aliphatic carbocycles. The third kappa shape index (κ3) is 9.24. The highest BCUT2D eigenvalue weighted by Crippen LogP contribution is 2.39. The normalized spacial score (nSPS) is 15.6. The molecule has 0 unspecified atom stereocenters. The van der Waals surface area contributed by atoms with Gasteiger partial charge in [-0.15, -0.1) is 12.4 Å². The van der Waals surface area contributed by atoms with Crippen molar-refractivity contribution in [2.45, 2.75) is 6.04 Å². The van der Waals surface area contributed by atoms with Gasteiger partial charge in [0.1, 0.15) is 0 Å². The molecule has 2 heterocycles. The Bertz CT molecular complexity index is 1350. The van der Waals surface area contributed by atoms with Crippen molar-refractivity contribution in [2.24, 2.45) is 0 Å². The van der Waals surface area contributed by atoms with Crippen LogP contribution in [0.4, 0.5) is 0 Å². The Hall–Kier alpha value is -4.61. The molecule has 0 saturated carbocycles. The van der Waals surface area contributed by atoms with Crippen LogP contribution in [0.3, 0.4) is 0 Å². The summed E-state index contributed by atoms with van der Waals surface area (Å²) in [7, 11) is 9.40. The highest BCUT2D eigenvalue weighted by atomic mass is 35.5. The summed E-state index contributed by atoms with van der Waals surface area (Å²) in [6, 6.07) is 7.43. The number of benzene rings is 2. The lowest BCUT2D eigenvalue weighted by Gasteiger charge is -2.46. The topological polar surface area (TPSA) is 99.2 Å². The summed E-state index contributed by atoms with van der Waals surface area (Å²) in [6.45, 7) is 3.98. The van der Waals surface area contributed by atoms with Crippen molar-refractivity contribution in [3.05, 3.63) is 71.8 Å². The van der Waals surface area contributed by atoms with E-state index in [9.17, 15) is 9.59 Å². The zero-order chi connectivity index (χ0) is 33.1. The molecule has 12 heteroatoms. The third-order valence-corrected chi connectivity index (χ3v) is 7.97. The van der Waals surface area contributed by atoms with Crippen molar-refractivity contribution >= 4 is 36.4 Å². The van der Waals surface area contributed by atoms with E-state index in [1.165, 1.54) is 0 Å². The van der Waals surface area contributed by atoms with E-state index in [2.05, 4.69) is 4.90 Å². The first-order valence-electron chi connectivity index (χ1n) is 15.0. The number of rotatable bonds is 12. The Kier molecular flexibility index (Phi) is 14.0. The Morgan fingerprint density at radius 2 is 0.936 bits per heavy atom. The molecule has 2 aliphatic heterocycles. The van der Waals surface area contributed by atoms with Gasteiger partial charge in [0.2, 0.25) is 23.3 Å². The van der Waals surface area contributed by atoms with Crippen molar-refractivity contribution in [1.82, 2.24) is 14.7 Å². The Morgan fingerprint density at radius 1 is 0.574 bits per heavy atom. The van der Waals surface area contributed by atoms with Gasteiger partial charge in [0.15, 0.2) is 23.0 Å². The summed E-state index contributed by atoms with van der Waals surface area (Å²) in [4.78, 5) is 32.0. The molecule has 2 fully saturated rings. The highest BCUT2D eigenvalue weighted by Gasteiger charge is 2.34. The maximum absolute atomic E-state index is 13.0. The molecule has 2 aromatic rings. The Labute approximate surface area is 283 Å². The molecule has 11 nitrogen and oxygen atoms in total. The zero-order valence-corrected chi connectivity index (χ0v) is 28.6. The SMILES string of the molecule is COc1cc(/C=C/C=C/C(=O)N2CCN3CCN(C(=O)/C=C/C=C/c4cc(OC)c(OC)c(OC)c4)CC3C2)cc(OC)c1OC.Cl. The maximum atomic E-state index is 13.0. The third-order valence-electron chi connectivity index (χ3n) is 7.97. The zero-order valence-electron chi connectivity index (χ0n) is 27.8. The fourth-order valence-corrected chi connectivity index (χ4v) is 5.57. The van der Waals surface area contributed by atoms with Crippen LogP contribution in [0.1, 0.15) is 11.1 Å². The molecule has 0 atom stereocenters. The van der Waals surface area contributed by atoms with E-state index >= 15 is 0 Å². The van der Waals surface area contributed by atoms with Crippen molar-refractivity contribution < 1.29 is 38.0 Å². The van der Waals surface area contributed by atoms with Gasteiger partial charge in [-0.3, -0.25) is 14.5 Å². The minimum Gasteiger partial charge on any atom is -0.493 e. The molecule has 2 aliphatic rings. The summed E-state index contributed by atoms with van der Waals surface area (Å²) in [5.41, 5.74) is 1.69. The van der Waals surface area contributed by atoms with E-state index in [0.29, 0.717) is 60.7 Å². The molecular weight excluding hydrogens is 626 g/mol. The second-order valence-corrected chi connectivity index (χ2v) is 10.6. The van der Waals surface area contributed by atoms with E-state index in [4.69, 9.17) is 28.4 Å². The minimum absolute atomic E-state index is 0. The van der Waals surface area contributed by atoms with Crippen LogP contribution in [0.2, 0.25) is 0 Å². The predicted molar refractivity (Wildman–Crippen MR) is 184 cm³/mol. The molecular formula is C35H44ClN3O8. The standard InChI is InChI=1S/C35H43N3O8.ClH/c1-41-28-19-25(20-29(42-2)34(28)45-5)11-7-9-13-32(39)37-17-15-36-16-18-38(24-27(36)23-37)33(40)14-10-8-12-26-21-30(43-3)35(46-6)31(22-26)44-4;/h7-14,19-22,27H,15-18,23-24H2,1-6H3;1H/b11-7+,12-8+,13-9+,14-10+;. The number of methoxy groups -OCH3 is 6. The van der Waals surface area contributed by atoms with Gasteiger partial charge in [0, 0.05) is 57.5 Å². The molecule has 0 aromatic heterocycles. The number of nitrogens with zero attached hydrogens (tertiary/aromatic N) is 3. The van der Waals surface area contributed by atoms with Crippen LogP contribution < -0.4 is 28.4 Å². The van der Waals surface area contributed by atoms with Crippen LogP contribution in [0, 0.1) is 0 Å². The van der Waals surface area contributed by atoms with Gasteiger partial charge in [-0.05, 0) is 35.4 Å². The van der Waals surface area contributed by atoms with Crippen LogP contribution in [0.5, 0.6) is 34.5 Å². The van der Waals surface area contributed by atoms with Gasteiger partial charge in [0.25, 0.3) is 0 Å². The monoisotopic (exact) mass is 669 g/mol. The van der Waals surface area contributed by atoms with Gasteiger partial charge in [-0.2, -0.15) is 0 Å². The summed E-state index contributed by atoms with van der Waals surface area (Å²) in [6.07, 6.45) is 13.9. The number of halogens is 1. The molecule has 2 aromatic carbocycles. The molecule has 47 heavy (non-hydrogen) atoms. The van der Waals surface area contributed by atoms with Crippen LogP contribution in [0.15, 0.2) is 60.7 Å². The molecule has 0 N–H and O–H groups in total. The van der Waals surface area contributed by atoms with Crippen molar-refractivity contribution in [1.29, 1.82) is 0 Å². The highest BCUT2D eigenvalue weighted by molar-refractivity contribution is 5.89. The molecule has 2 saturated heterocycles. The van der Waals surface area contributed by atoms with Crippen LogP contribution in [0.25, 0.3) is 12.2 Å². The average Bonchev–Trinajstić information content (AvgIpc) is 3.09. The number of allylic oxidation sites excluding steroid dienone is 4. The average molecular weight is 670 g/mol. The first-order chi connectivity index (χ1) is 22.3. The van der Waals surface area contributed by atoms with Crippen LogP contribution >= 0.6 is 12.4 Å². The summed E-state index contributed by atoms with van der Waals surface area (Å²) in [5, 5.41) is 0. The fourth-order valence-electron chi connectivity index (χ4n) is 5.57. The number of ether oxygens (including phenoxy) is 6. The number of amides is 2. The summed E-state index contributed by atoms with van der Waals surface area (Å²) < 4.78 is 32.4. The first-order valence-corrected chi connectivity index (χ1v) is 15.0. The van der Waals surface area contributed by atoms with Gasteiger partial charge in [-0.25, -0.2) is 0 Å². The Morgan fingerprint density at radius 3 is 1.26 bits per heavy atom. The molecule has 0 spiro atoms. The summed E-state index contributed by atoms with van der Waals surface area (Å²) >= 11 is 0. The number of fused-ring (bicyclic) bond motifs is 1. The van der Waals surface area contributed by atoms with Crippen molar-refractivity contribution in [2.75, 3.05) is 81.9 Å². The number of carbonyl (C=O) groups is 2. The number of carbonyl (C=O) groups excluding carboxylic acids is 2. The first kappa shape index (κ1) is 36.9. The van der Waals surface area contributed by atoms with E-state index in [-0.39, 0.29) is 30.3 Å². The Balaban J connectivity index is 0.00000600. The predicted octanol–water partition coefficient (Wildman–Crippen LogP) is 4.35. The van der Waals surface area contributed by atoms with Crippen molar-refractivity contribution in [3.8, 4) is 34.5 Å². The fraction of sp³-hybridized carbons (Fsp3) is 0.371. The second kappa shape index (κ2) is 17.9. The van der Waals surface area contributed by atoms with Gasteiger partial charge in [0.05, 0.1) is 42.7 Å². The van der Waals surface area contributed by atoms with Crippen LogP contribution in [-0.4, -0.2) is 114 Å². The number of hydrogen-bond acceptors (Lipinski definition) is 9. The number of hydrogen-bond donors (Lipinski definition) is 0. The molecule has 0 bridgehead atoms. The molecule has 2 amide bonds. The second-order valence-electron chi connectivity index (χ2n) is 10.6. The lowest BCUT2D eigenvalue weighted by molar-refractivity contribution is -0.133. The lowest BCUT2D eigenvalue weighted by Crippen LogP contribution is -2.63. The van der Waals surface area contributed by atoms with Crippen molar-refractivity contribution in [3.63, 3.8) is 0 Å². The summed E-state index contributed by atoms with van der Waals surface area (Å²) in [5.74, 6) is 3.16. The largest absolute Gasteiger partial charge is 0.493 e. The van der Waals surface area contributed by atoms with Gasteiger partial charge in [-0.1, -0.05) is 36.5 Å². The smallest absolute Gasteiger partial charge is 0.246 e. The van der Waals surface area contributed by atoms with Gasteiger partial charge >= 0.3 is 0 Å². The molecule has 4 rings (SSSR count). The quantitative estimate of drug-likeness (QED) is 0.241. The minimum atomic E-state index is -0.0607. The van der Waals surface area contributed by atoms with E-state index in [1.54, 1.807) is 79.1 Å². The van der Waals surface area contributed by atoms with Crippen LogP contribution in [-0.2, 0) is 9.59 Å². The van der Waals surface area contributed by atoms with Gasteiger partial charge < -0.3 is 38.2 Å². The molecule has 254 valence electrons. The van der Waals surface area contributed by atoms with E-state index in [1.807, 2.05) is 46.2 Å². The maximum Gasteiger partial charge on any atom is 0.246 e.